The monoisotopic (exact) mass is 303 g/mol. The fourth-order valence-electron chi connectivity index (χ4n) is 1.76. The number of nitrogens with zero attached hydrogens (tertiary/aromatic N) is 4. The maximum Gasteiger partial charge on any atom is 0.240 e. The Morgan fingerprint density at radius 1 is 1.43 bits per heavy atom. The highest BCUT2D eigenvalue weighted by Crippen LogP contribution is 2.23. The van der Waals surface area contributed by atoms with Crippen LogP contribution in [0.25, 0.3) is 5.65 Å². The summed E-state index contributed by atoms with van der Waals surface area (Å²) in [7, 11) is 0. The van der Waals surface area contributed by atoms with Crippen molar-refractivity contribution in [2.75, 3.05) is 5.32 Å². The summed E-state index contributed by atoms with van der Waals surface area (Å²) in [6, 6.07) is 7.31. The topological polar surface area (TPSA) is 85.3 Å². The van der Waals surface area contributed by atoms with Crippen molar-refractivity contribution in [1.29, 1.82) is 0 Å². The molecule has 0 aliphatic carbocycles. The minimum Gasteiger partial charge on any atom is -0.338 e. The molecule has 0 bridgehead atoms. The van der Waals surface area contributed by atoms with Crippen LogP contribution in [0.3, 0.4) is 0 Å². The van der Waals surface area contributed by atoms with E-state index in [9.17, 15) is 4.79 Å². The second-order valence-corrected chi connectivity index (χ2v) is 5.80. The average Bonchev–Trinajstić information content (AvgIpc) is 3.06. The SMILES string of the molecule is Cc1cc(NC(=O)[C@H](C)Sc2nnc3ccccn23)on1. The van der Waals surface area contributed by atoms with Crippen LogP contribution < -0.4 is 5.32 Å². The van der Waals surface area contributed by atoms with Crippen LogP contribution in [0.1, 0.15) is 12.6 Å². The minimum absolute atomic E-state index is 0.177. The molecule has 8 heteroatoms. The Bertz CT molecular complexity index is 782. The Kier molecular flexibility index (Phi) is 3.61. The van der Waals surface area contributed by atoms with E-state index < -0.39 is 0 Å². The predicted octanol–water partition coefficient (Wildman–Crippen LogP) is 2.15. The maximum atomic E-state index is 12.1. The molecular formula is C13H13N5O2S. The van der Waals surface area contributed by atoms with Gasteiger partial charge in [0.25, 0.3) is 0 Å². The van der Waals surface area contributed by atoms with Crippen molar-refractivity contribution in [3.05, 3.63) is 36.2 Å². The number of fused-ring (bicyclic) bond motifs is 1. The highest BCUT2D eigenvalue weighted by Gasteiger charge is 2.19. The summed E-state index contributed by atoms with van der Waals surface area (Å²) in [5, 5.41) is 14.9. The van der Waals surface area contributed by atoms with E-state index in [1.54, 1.807) is 19.9 Å². The summed E-state index contributed by atoms with van der Waals surface area (Å²) < 4.78 is 6.81. The molecule has 0 aliphatic heterocycles. The Labute approximate surface area is 124 Å². The number of pyridine rings is 1. The van der Waals surface area contributed by atoms with Gasteiger partial charge in [-0.1, -0.05) is 23.0 Å². The number of rotatable bonds is 4. The second kappa shape index (κ2) is 5.57. The van der Waals surface area contributed by atoms with Crippen molar-refractivity contribution < 1.29 is 9.32 Å². The standard InChI is InChI=1S/C13H13N5O2S/c1-8-7-11(20-17-8)14-12(19)9(2)21-13-16-15-10-5-3-4-6-18(10)13/h3-7,9H,1-2H3,(H,14,19)/t9-/m0/s1. The summed E-state index contributed by atoms with van der Waals surface area (Å²) >= 11 is 1.33. The van der Waals surface area contributed by atoms with Crippen molar-refractivity contribution in [3.63, 3.8) is 0 Å². The van der Waals surface area contributed by atoms with E-state index in [1.807, 2.05) is 28.8 Å². The van der Waals surface area contributed by atoms with Gasteiger partial charge in [0, 0.05) is 12.3 Å². The number of carbonyl (C=O) groups excluding carboxylic acids is 1. The average molecular weight is 303 g/mol. The van der Waals surface area contributed by atoms with Gasteiger partial charge in [0.2, 0.25) is 11.8 Å². The molecule has 0 fully saturated rings. The summed E-state index contributed by atoms with van der Waals surface area (Å²) in [6.07, 6.45) is 1.86. The summed E-state index contributed by atoms with van der Waals surface area (Å²) in [5.74, 6) is 0.167. The summed E-state index contributed by atoms with van der Waals surface area (Å²) in [5.41, 5.74) is 1.47. The van der Waals surface area contributed by atoms with Gasteiger partial charge < -0.3 is 4.52 Å². The van der Waals surface area contributed by atoms with Gasteiger partial charge in [-0.05, 0) is 26.0 Å². The van der Waals surface area contributed by atoms with Crippen LogP contribution in [0.5, 0.6) is 0 Å². The zero-order valence-corrected chi connectivity index (χ0v) is 12.3. The highest BCUT2D eigenvalue weighted by molar-refractivity contribution is 8.00. The molecule has 7 nitrogen and oxygen atoms in total. The first-order chi connectivity index (χ1) is 10.1. The smallest absolute Gasteiger partial charge is 0.240 e. The molecule has 3 aromatic rings. The van der Waals surface area contributed by atoms with Crippen LogP contribution in [-0.4, -0.2) is 30.9 Å². The van der Waals surface area contributed by atoms with Gasteiger partial charge in [-0.25, -0.2) is 0 Å². The van der Waals surface area contributed by atoms with E-state index in [-0.39, 0.29) is 11.2 Å². The fourth-order valence-corrected chi connectivity index (χ4v) is 2.60. The third-order valence-corrected chi connectivity index (χ3v) is 3.87. The number of aromatic nitrogens is 4. The lowest BCUT2D eigenvalue weighted by atomic mass is 10.4. The van der Waals surface area contributed by atoms with Gasteiger partial charge in [-0.3, -0.25) is 14.5 Å². The lowest BCUT2D eigenvalue weighted by Gasteiger charge is -2.08. The molecule has 0 aromatic carbocycles. The number of aryl methyl sites for hydroxylation is 1. The molecular weight excluding hydrogens is 290 g/mol. The lowest BCUT2D eigenvalue weighted by molar-refractivity contribution is -0.115. The Morgan fingerprint density at radius 2 is 2.29 bits per heavy atom. The summed E-state index contributed by atoms with van der Waals surface area (Å²) in [4.78, 5) is 12.1. The van der Waals surface area contributed by atoms with Crippen LogP contribution in [0, 0.1) is 6.92 Å². The van der Waals surface area contributed by atoms with Crippen molar-refractivity contribution in [1.82, 2.24) is 19.8 Å². The van der Waals surface area contributed by atoms with Gasteiger partial charge in [0.15, 0.2) is 10.8 Å². The predicted molar refractivity (Wildman–Crippen MR) is 78.2 cm³/mol. The first-order valence-electron chi connectivity index (χ1n) is 6.34. The largest absolute Gasteiger partial charge is 0.338 e. The second-order valence-electron chi connectivity index (χ2n) is 4.49. The molecule has 1 amide bonds. The quantitative estimate of drug-likeness (QED) is 0.743. The van der Waals surface area contributed by atoms with E-state index in [0.717, 1.165) is 5.65 Å². The van der Waals surface area contributed by atoms with Gasteiger partial charge in [-0.15, -0.1) is 10.2 Å². The molecule has 3 aromatic heterocycles. The van der Waals surface area contributed by atoms with Crippen molar-refractivity contribution in [2.24, 2.45) is 0 Å². The van der Waals surface area contributed by atoms with Gasteiger partial charge in [0.05, 0.1) is 10.9 Å². The normalized spacial score (nSPS) is 12.5. The molecule has 0 spiro atoms. The van der Waals surface area contributed by atoms with Crippen LogP contribution in [0.15, 0.2) is 40.1 Å². The number of thioether (sulfide) groups is 1. The molecule has 3 heterocycles. The van der Waals surface area contributed by atoms with Crippen molar-refractivity contribution in [2.45, 2.75) is 24.3 Å². The number of hydrogen-bond acceptors (Lipinski definition) is 6. The van der Waals surface area contributed by atoms with Crippen LogP contribution in [0.4, 0.5) is 5.88 Å². The number of anilines is 1. The zero-order chi connectivity index (χ0) is 14.8. The molecule has 1 N–H and O–H groups in total. The number of amides is 1. The number of hydrogen-bond donors (Lipinski definition) is 1. The Hall–Kier alpha value is -2.35. The first-order valence-corrected chi connectivity index (χ1v) is 7.22. The van der Waals surface area contributed by atoms with E-state index in [4.69, 9.17) is 4.52 Å². The van der Waals surface area contributed by atoms with E-state index in [1.165, 1.54) is 11.8 Å². The van der Waals surface area contributed by atoms with Crippen LogP contribution in [-0.2, 0) is 4.79 Å². The molecule has 21 heavy (non-hydrogen) atoms. The molecule has 0 unspecified atom stereocenters. The van der Waals surface area contributed by atoms with E-state index in [2.05, 4.69) is 20.7 Å². The minimum atomic E-state index is -0.344. The molecule has 0 saturated carbocycles. The Morgan fingerprint density at radius 3 is 3.05 bits per heavy atom. The molecule has 0 radical (unpaired) electrons. The van der Waals surface area contributed by atoms with E-state index >= 15 is 0 Å². The molecule has 3 rings (SSSR count). The molecule has 0 aliphatic rings. The van der Waals surface area contributed by atoms with Gasteiger partial charge >= 0.3 is 0 Å². The highest BCUT2D eigenvalue weighted by atomic mass is 32.2. The number of carbonyl (C=O) groups is 1. The van der Waals surface area contributed by atoms with Crippen molar-refractivity contribution in [3.8, 4) is 0 Å². The molecule has 0 saturated heterocycles. The maximum absolute atomic E-state index is 12.1. The van der Waals surface area contributed by atoms with E-state index in [0.29, 0.717) is 16.7 Å². The van der Waals surface area contributed by atoms with Crippen LogP contribution >= 0.6 is 11.8 Å². The van der Waals surface area contributed by atoms with Crippen molar-refractivity contribution >= 4 is 29.2 Å². The zero-order valence-electron chi connectivity index (χ0n) is 11.5. The van der Waals surface area contributed by atoms with Gasteiger partial charge in [0.1, 0.15) is 0 Å². The number of nitrogens with one attached hydrogen (secondary N) is 1. The van der Waals surface area contributed by atoms with Crippen LogP contribution in [0.2, 0.25) is 0 Å². The molecule has 1 atom stereocenters. The lowest BCUT2D eigenvalue weighted by Crippen LogP contribution is -2.22. The van der Waals surface area contributed by atoms with Gasteiger partial charge in [-0.2, -0.15) is 0 Å². The molecule has 108 valence electrons. The third kappa shape index (κ3) is 2.89. The Balaban J connectivity index is 1.70. The summed E-state index contributed by atoms with van der Waals surface area (Å²) in [6.45, 7) is 3.59. The third-order valence-electron chi connectivity index (χ3n) is 2.81. The fraction of sp³-hybridized carbons (Fsp3) is 0.231. The first kappa shape index (κ1) is 13.6.